The molecule has 3 aliphatic rings. The average Bonchev–Trinajstić information content (AvgIpc) is 3.83. The third-order valence-corrected chi connectivity index (χ3v) is 9.46. The van der Waals surface area contributed by atoms with E-state index in [9.17, 15) is 22.8 Å². The number of carbonyl (C=O) groups excluding carboxylic acids is 2. The molecule has 1 saturated heterocycles. The van der Waals surface area contributed by atoms with Crippen LogP contribution in [0.15, 0.2) is 48.2 Å². The standard InChI is InChI=1S/C36H41F3N4O4/c1-3-23-20-27(14-15-28(23)24-16-18-42(19-17-24)34(44)25-12-13-25)47-22-26-8-5-6-9-29(26)31-10-7-11-32(41-31)43-33(36(37,38)39)30(21-40-43)35(45)46-4-2/h7,10-11,14-15,20-21,24-25H,3-6,8-9,12-13,16-19,22H2,1-2H3. The Hall–Kier alpha value is -4.15. The normalized spacial score (nSPS) is 17.6. The van der Waals surface area contributed by atoms with Crippen LogP contribution in [-0.2, 0) is 22.1 Å². The zero-order valence-electron chi connectivity index (χ0n) is 26.9. The molecule has 0 spiro atoms. The molecule has 0 N–H and O–H groups in total. The highest BCUT2D eigenvalue weighted by Crippen LogP contribution is 2.38. The number of amides is 1. The second kappa shape index (κ2) is 13.9. The molecule has 1 aromatic carbocycles. The van der Waals surface area contributed by atoms with Crippen LogP contribution in [0.5, 0.6) is 5.75 Å². The summed E-state index contributed by atoms with van der Waals surface area (Å²) < 4.78 is 54.2. The first-order chi connectivity index (χ1) is 22.7. The SMILES string of the molecule is CCOC(=O)c1cnn(-c2cccc(C3=C(COc4ccc(C5CCN(C(=O)C6CC6)CC5)c(CC)c4)CCCC3)n2)c1C(F)(F)F. The third-order valence-electron chi connectivity index (χ3n) is 9.46. The van der Waals surface area contributed by atoms with Gasteiger partial charge in [-0.15, -0.1) is 0 Å². The number of likely N-dealkylation sites (tertiary alicyclic amines) is 1. The maximum atomic E-state index is 14.1. The first-order valence-corrected chi connectivity index (χ1v) is 16.7. The van der Waals surface area contributed by atoms with E-state index in [-0.39, 0.29) is 18.3 Å². The second-order valence-corrected chi connectivity index (χ2v) is 12.6. The molecule has 1 saturated carbocycles. The number of carbonyl (C=O) groups is 2. The Morgan fingerprint density at radius 2 is 1.77 bits per heavy atom. The number of benzene rings is 1. The van der Waals surface area contributed by atoms with E-state index in [4.69, 9.17) is 9.47 Å². The summed E-state index contributed by atoms with van der Waals surface area (Å²) in [6.07, 6.45) is 4.39. The van der Waals surface area contributed by atoms with Crippen LogP contribution in [0.25, 0.3) is 11.4 Å². The smallest absolute Gasteiger partial charge is 0.434 e. The Morgan fingerprint density at radius 1 is 1.00 bits per heavy atom. The lowest BCUT2D eigenvalue weighted by molar-refractivity contribution is -0.143. The predicted octanol–water partition coefficient (Wildman–Crippen LogP) is 7.55. The topological polar surface area (TPSA) is 86.5 Å². The van der Waals surface area contributed by atoms with Gasteiger partial charge in [0.1, 0.15) is 17.9 Å². The molecule has 0 bridgehead atoms. The Balaban J connectivity index is 1.19. The maximum Gasteiger partial charge on any atom is 0.434 e. The molecule has 11 heteroatoms. The Morgan fingerprint density at radius 3 is 2.47 bits per heavy atom. The maximum absolute atomic E-state index is 14.1. The number of hydrogen-bond donors (Lipinski definition) is 0. The van der Waals surface area contributed by atoms with Crippen molar-refractivity contribution in [2.45, 2.75) is 83.7 Å². The fourth-order valence-electron chi connectivity index (χ4n) is 6.84. The van der Waals surface area contributed by atoms with Crippen LogP contribution >= 0.6 is 0 Å². The molecule has 2 aromatic heterocycles. The summed E-state index contributed by atoms with van der Waals surface area (Å²) in [5, 5.41) is 3.89. The molecular formula is C36H41F3N4O4. The van der Waals surface area contributed by atoms with Gasteiger partial charge in [-0.05, 0) is 117 Å². The fraction of sp³-hybridized carbons (Fsp3) is 0.500. The van der Waals surface area contributed by atoms with Gasteiger partial charge in [-0.3, -0.25) is 4.79 Å². The molecule has 2 fully saturated rings. The van der Waals surface area contributed by atoms with Gasteiger partial charge >= 0.3 is 12.1 Å². The molecule has 3 aromatic rings. The summed E-state index contributed by atoms with van der Waals surface area (Å²) >= 11 is 0. The van der Waals surface area contributed by atoms with E-state index in [1.165, 1.54) is 24.1 Å². The summed E-state index contributed by atoms with van der Waals surface area (Å²) in [5.41, 5.74) is 3.32. The van der Waals surface area contributed by atoms with E-state index in [1.54, 1.807) is 12.1 Å². The minimum absolute atomic E-state index is 0.0327. The predicted molar refractivity (Wildman–Crippen MR) is 170 cm³/mol. The van der Waals surface area contributed by atoms with Crippen LogP contribution in [0.2, 0.25) is 0 Å². The van der Waals surface area contributed by atoms with Crippen molar-refractivity contribution in [1.82, 2.24) is 19.7 Å². The number of allylic oxidation sites excluding steroid dienone is 1. The van der Waals surface area contributed by atoms with E-state index in [1.807, 2.05) is 11.0 Å². The summed E-state index contributed by atoms with van der Waals surface area (Å²) in [6.45, 7) is 5.61. The van der Waals surface area contributed by atoms with Crippen molar-refractivity contribution in [1.29, 1.82) is 0 Å². The number of nitrogens with zero attached hydrogens (tertiary/aromatic N) is 4. The van der Waals surface area contributed by atoms with E-state index in [0.717, 1.165) is 94.0 Å². The number of alkyl halides is 3. The van der Waals surface area contributed by atoms with Gasteiger partial charge in [-0.1, -0.05) is 19.1 Å². The van der Waals surface area contributed by atoms with Crippen LogP contribution in [0.3, 0.4) is 0 Å². The van der Waals surface area contributed by atoms with Gasteiger partial charge < -0.3 is 14.4 Å². The zero-order valence-corrected chi connectivity index (χ0v) is 26.9. The number of pyridine rings is 1. The van der Waals surface area contributed by atoms with Crippen molar-refractivity contribution >= 4 is 17.4 Å². The van der Waals surface area contributed by atoms with Crippen molar-refractivity contribution < 1.29 is 32.2 Å². The van der Waals surface area contributed by atoms with Crippen molar-refractivity contribution in [2.24, 2.45) is 5.92 Å². The van der Waals surface area contributed by atoms with Gasteiger partial charge in [0.25, 0.3) is 0 Å². The number of aryl methyl sites for hydroxylation is 1. The second-order valence-electron chi connectivity index (χ2n) is 12.6. The Kier molecular flexibility index (Phi) is 9.70. The molecule has 8 nitrogen and oxygen atoms in total. The quantitative estimate of drug-likeness (QED) is 0.211. The summed E-state index contributed by atoms with van der Waals surface area (Å²) in [6, 6.07) is 11.2. The molecule has 6 rings (SSSR count). The highest BCUT2D eigenvalue weighted by molar-refractivity contribution is 5.90. The van der Waals surface area contributed by atoms with Gasteiger partial charge in [-0.2, -0.15) is 18.3 Å². The highest BCUT2D eigenvalue weighted by Gasteiger charge is 2.41. The van der Waals surface area contributed by atoms with Crippen molar-refractivity contribution in [3.05, 3.63) is 76.2 Å². The number of piperidine rings is 1. The van der Waals surface area contributed by atoms with Crippen LogP contribution < -0.4 is 4.74 Å². The minimum Gasteiger partial charge on any atom is -0.489 e. The monoisotopic (exact) mass is 650 g/mol. The number of halogens is 3. The molecule has 2 aliphatic carbocycles. The average molecular weight is 651 g/mol. The molecule has 0 radical (unpaired) electrons. The van der Waals surface area contributed by atoms with Crippen molar-refractivity contribution in [3.63, 3.8) is 0 Å². The molecule has 250 valence electrons. The van der Waals surface area contributed by atoms with Crippen LogP contribution in [-0.4, -0.2) is 57.8 Å². The summed E-state index contributed by atoms with van der Waals surface area (Å²) in [5.74, 6) is 0.685. The van der Waals surface area contributed by atoms with E-state index < -0.39 is 23.4 Å². The number of ether oxygens (including phenoxy) is 2. The van der Waals surface area contributed by atoms with Crippen LogP contribution in [0.4, 0.5) is 13.2 Å². The molecule has 0 unspecified atom stereocenters. The fourth-order valence-corrected chi connectivity index (χ4v) is 6.84. The minimum atomic E-state index is -4.85. The zero-order chi connectivity index (χ0) is 33.1. The van der Waals surface area contributed by atoms with Crippen LogP contribution in [0, 0.1) is 5.92 Å². The summed E-state index contributed by atoms with van der Waals surface area (Å²) in [4.78, 5) is 31.4. The van der Waals surface area contributed by atoms with Gasteiger partial charge in [0.15, 0.2) is 11.5 Å². The van der Waals surface area contributed by atoms with Gasteiger partial charge in [-0.25, -0.2) is 14.5 Å². The summed E-state index contributed by atoms with van der Waals surface area (Å²) in [7, 11) is 0. The number of hydrogen-bond acceptors (Lipinski definition) is 6. The van der Waals surface area contributed by atoms with E-state index in [0.29, 0.717) is 28.8 Å². The lowest BCUT2D eigenvalue weighted by Crippen LogP contribution is -2.38. The van der Waals surface area contributed by atoms with Gasteiger partial charge in [0, 0.05) is 19.0 Å². The lowest BCUT2D eigenvalue weighted by atomic mass is 9.85. The Labute approximate surface area is 273 Å². The Bertz CT molecular complexity index is 1650. The molecule has 47 heavy (non-hydrogen) atoms. The highest BCUT2D eigenvalue weighted by atomic mass is 19.4. The molecule has 3 heterocycles. The lowest BCUT2D eigenvalue weighted by Gasteiger charge is -2.33. The number of esters is 1. The molecular weight excluding hydrogens is 609 g/mol. The van der Waals surface area contributed by atoms with E-state index >= 15 is 0 Å². The van der Waals surface area contributed by atoms with Gasteiger partial charge in [0.2, 0.25) is 5.91 Å². The molecule has 1 aliphatic heterocycles. The van der Waals surface area contributed by atoms with Crippen molar-refractivity contribution in [2.75, 3.05) is 26.3 Å². The van der Waals surface area contributed by atoms with Gasteiger partial charge in [0.05, 0.1) is 18.5 Å². The first kappa shape index (κ1) is 32.8. The van der Waals surface area contributed by atoms with Crippen LogP contribution in [0.1, 0.15) is 104 Å². The largest absolute Gasteiger partial charge is 0.489 e. The molecule has 1 amide bonds. The number of rotatable bonds is 10. The van der Waals surface area contributed by atoms with Crippen molar-refractivity contribution in [3.8, 4) is 11.6 Å². The number of aromatic nitrogens is 3. The molecule has 0 atom stereocenters. The first-order valence-electron chi connectivity index (χ1n) is 16.7. The third kappa shape index (κ3) is 7.23. The van der Waals surface area contributed by atoms with E-state index in [2.05, 4.69) is 29.1 Å².